The Kier molecular flexibility index (Phi) is 4.56. The lowest BCUT2D eigenvalue weighted by atomic mass is 9.39. The fourth-order valence-corrected chi connectivity index (χ4v) is 5.89. The Balaban J connectivity index is 1.02. The lowest BCUT2D eigenvalue weighted by molar-refractivity contribution is -0.352. The van der Waals surface area contributed by atoms with Crippen molar-refractivity contribution in [1.29, 1.82) is 0 Å². The van der Waals surface area contributed by atoms with Crippen molar-refractivity contribution in [3.63, 3.8) is 0 Å². The average Bonchev–Trinajstić information content (AvgIpc) is 3.13. The Bertz CT molecular complexity index is 1090. The summed E-state index contributed by atoms with van der Waals surface area (Å²) in [5.41, 5.74) is 0.476. The molecule has 4 fully saturated rings. The van der Waals surface area contributed by atoms with Crippen molar-refractivity contribution < 1.29 is 31.9 Å². The Morgan fingerprint density at radius 3 is 2.70 bits per heavy atom. The van der Waals surface area contributed by atoms with E-state index in [9.17, 15) is 18.0 Å². The van der Waals surface area contributed by atoms with Crippen molar-refractivity contribution in [2.45, 2.75) is 80.4 Å². The molecule has 7 nitrogen and oxygen atoms in total. The molecule has 1 aliphatic heterocycles. The summed E-state index contributed by atoms with van der Waals surface area (Å²) in [6.45, 7) is 0. The Morgan fingerprint density at radius 2 is 1.97 bits per heavy atom. The lowest BCUT2D eigenvalue weighted by Gasteiger charge is -2.68. The zero-order valence-corrected chi connectivity index (χ0v) is 18.2. The van der Waals surface area contributed by atoms with Gasteiger partial charge in [0.15, 0.2) is 6.10 Å². The van der Waals surface area contributed by atoms with Crippen LogP contribution in [-0.2, 0) is 21.4 Å². The van der Waals surface area contributed by atoms with E-state index in [0.29, 0.717) is 48.2 Å². The number of halogens is 4. The molecule has 1 aromatic heterocycles. The van der Waals surface area contributed by atoms with Crippen LogP contribution in [0.3, 0.4) is 0 Å². The summed E-state index contributed by atoms with van der Waals surface area (Å²) in [5, 5.41) is 12.0. The SMILES string of the molecule is O=C(NC12CC(c3nnc(C4CC(OC(F)(F)F)C4)o3)(C1)C2)[C@@H]1CCc2cc(Cl)ccc2O1. The number of hydrogen-bond donors (Lipinski definition) is 1. The number of fused-ring (bicyclic) bond motifs is 1. The molecule has 1 N–H and O–H groups in total. The zero-order valence-electron chi connectivity index (χ0n) is 17.5. The van der Waals surface area contributed by atoms with Crippen molar-refractivity contribution in [3.05, 3.63) is 40.6 Å². The normalized spacial score (nSPS) is 34.2. The highest BCUT2D eigenvalue weighted by Gasteiger charge is 2.72. The van der Waals surface area contributed by atoms with Crippen LogP contribution in [0.15, 0.2) is 22.6 Å². The highest BCUT2D eigenvalue weighted by atomic mass is 35.5. The van der Waals surface area contributed by atoms with Gasteiger partial charge in [-0.3, -0.25) is 9.53 Å². The molecular formula is C22H21ClF3N3O4. The van der Waals surface area contributed by atoms with E-state index in [4.69, 9.17) is 20.8 Å². The monoisotopic (exact) mass is 483 g/mol. The van der Waals surface area contributed by atoms with Gasteiger partial charge >= 0.3 is 6.36 Å². The van der Waals surface area contributed by atoms with Crippen LogP contribution in [0, 0.1) is 0 Å². The van der Waals surface area contributed by atoms with Crippen molar-refractivity contribution in [2.75, 3.05) is 0 Å². The number of aromatic nitrogens is 2. The second-order valence-corrected chi connectivity index (χ2v) is 10.2. The van der Waals surface area contributed by atoms with E-state index < -0.39 is 18.6 Å². The quantitative estimate of drug-likeness (QED) is 0.686. The van der Waals surface area contributed by atoms with Gasteiger partial charge < -0.3 is 14.5 Å². The summed E-state index contributed by atoms with van der Waals surface area (Å²) in [5.74, 6) is 1.23. The molecule has 0 saturated heterocycles. The van der Waals surface area contributed by atoms with Gasteiger partial charge in [0.2, 0.25) is 11.8 Å². The first-order valence-electron chi connectivity index (χ1n) is 11.0. The van der Waals surface area contributed by atoms with Crippen molar-refractivity contribution in [1.82, 2.24) is 15.5 Å². The first-order valence-corrected chi connectivity index (χ1v) is 11.4. The molecule has 4 aliphatic carbocycles. The molecule has 33 heavy (non-hydrogen) atoms. The van der Waals surface area contributed by atoms with Crippen LogP contribution in [0.25, 0.3) is 0 Å². The van der Waals surface area contributed by atoms with E-state index in [-0.39, 0.29) is 35.6 Å². The Labute approximate surface area is 192 Å². The third kappa shape index (κ3) is 3.67. The minimum atomic E-state index is -4.63. The Morgan fingerprint density at radius 1 is 1.21 bits per heavy atom. The molecule has 2 heterocycles. The predicted octanol–water partition coefficient (Wildman–Crippen LogP) is 4.19. The number of alkyl halides is 3. The predicted molar refractivity (Wildman–Crippen MR) is 108 cm³/mol. The van der Waals surface area contributed by atoms with Gasteiger partial charge in [0, 0.05) is 16.5 Å². The molecule has 5 aliphatic rings. The van der Waals surface area contributed by atoms with Crippen molar-refractivity contribution >= 4 is 17.5 Å². The third-order valence-electron chi connectivity index (χ3n) is 7.32. The maximum absolute atomic E-state index is 12.8. The number of carbonyl (C=O) groups excluding carboxylic acids is 1. The van der Waals surface area contributed by atoms with Gasteiger partial charge in [-0.1, -0.05) is 11.6 Å². The van der Waals surface area contributed by atoms with Crippen LogP contribution < -0.4 is 10.1 Å². The highest BCUT2D eigenvalue weighted by molar-refractivity contribution is 6.30. The number of ether oxygens (including phenoxy) is 2. The zero-order chi connectivity index (χ0) is 23.0. The second-order valence-electron chi connectivity index (χ2n) is 9.78. The number of aryl methyl sites for hydroxylation is 1. The van der Waals surface area contributed by atoms with Crippen LogP contribution in [-0.4, -0.2) is 40.2 Å². The van der Waals surface area contributed by atoms with Gasteiger partial charge in [-0.05, 0) is 68.7 Å². The summed E-state index contributed by atoms with van der Waals surface area (Å²) in [4.78, 5) is 12.8. The molecule has 0 unspecified atom stereocenters. The van der Waals surface area contributed by atoms with E-state index in [1.165, 1.54) is 0 Å². The molecule has 1 atom stereocenters. The number of rotatable bonds is 5. The fraction of sp³-hybridized carbons (Fsp3) is 0.591. The van der Waals surface area contributed by atoms with Crippen molar-refractivity contribution in [3.8, 4) is 5.75 Å². The minimum Gasteiger partial charge on any atom is -0.480 e. The van der Waals surface area contributed by atoms with Crippen LogP contribution in [0.1, 0.15) is 61.8 Å². The summed E-state index contributed by atoms with van der Waals surface area (Å²) in [6.07, 6.45) is -2.16. The van der Waals surface area contributed by atoms with Gasteiger partial charge in [0.05, 0.1) is 11.5 Å². The molecule has 0 spiro atoms. The molecule has 1 amide bonds. The summed E-state index contributed by atoms with van der Waals surface area (Å²) in [7, 11) is 0. The Hall–Kier alpha value is -2.33. The molecule has 4 saturated carbocycles. The highest BCUT2D eigenvalue weighted by Crippen LogP contribution is 2.67. The van der Waals surface area contributed by atoms with Crippen LogP contribution in [0.5, 0.6) is 5.75 Å². The van der Waals surface area contributed by atoms with E-state index in [0.717, 1.165) is 12.0 Å². The van der Waals surface area contributed by atoms with E-state index in [2.05, 4.69) is 20.3 Å². The fourth-order valence-electron chi connectivity index (χ4n) is 5.70. The number of amides is 1. The molecule has 11 heteroatoms. The van der Waals surface area contributed by atoms with Crippen LogP contribution in [0.2, 0.25) is 5.02 Å². The average molecular weight is 484 g/mol. The molecule has 176 valence electrons. The maximum atomic E-state index is 12.8. The van der Waals surface area contributed by atoms with Crippen molar-refractivity contribution in [2.24, 2.45) is 0 Å². The van der Waals surface area contributed by atoms with E-state index in [1.54, 1.807) is 12.1 Å². The maximum Gasteiger partial charge on any atom is 0.522 e. The number of nitrogens with zero attached hydrogens (tertiary/aromatic N) is 2. The first kappa shape index (κ1) is 21.2. The van der Waals surface area contributed by atoms with Gasteiger partial charge in [-0.15, -0.1) is 23.4 Å². The standard InChI is InChI=1S/C22H21ClF3N3O4/c23-13-2-4-15-11(5-13)1-3-16(31-15)17(30)27-21-8-20(9-21,10-21)19-29-28-18(32-19)12-6-14(7-12)33-22(24,25)26/h2,4-5,12,14,16H,1,3,6-10H2,(H,27,30)/t12?,14?,16-,20?,21?/m0/s1. The molecular weight excluding hydrogens is 463 g/mol. The summed E-state index contributed by atoms with van der Waals surface area (Å²) >= 11 is 6.02. The number of hydrogen-bond acceptors (Lipinski definition) is 6. The van der Waals surface area contributed by atoms with Gasteiger partial charge in [0.25, 0.3) is 5.91 Å². The van der Waals surface area contributed by atoms with Crippen LogP contribution >= 0.6 is 11.6 Å². The molecule has 2 aromatic rings. The largest absolute Gasteiger partial charge is 0.522 e. The first-order chi connectivity index (χ1) is 15.6. The topological polar surface area (TPSA) is 86.5 Å². The van der Waals surface area contributed by atoms with E-state index in [1.807, 2.05) is 6.07 Å². The molecule has 2 bridgehead atoms. The van der Waals surface area contributed by atoms with Gasteiger partial charge in [0.1, 0.15) is 5.75 Å². The smallest absolute Gasteiger partial charge is 0.480 e. The van der Waals surface area contributed by atoms with Gasteiger partial charge in [-0.25, -0.2) is 0 Å². The number of carbonyl (C=O) groups is 1. The van der Waals surface area contributed by atoms with E-state index >= 15 is 0 Å². The second kappa shape index (κ2) is 7.09. The summed E-state index contributed by atoms with van der Waals surface area (Å²) < 4.78 is 52.6. The number of nitrogens with one attached hydrogen (secondary N) is 1. The number of benzene rings is 1. The van der Waals surface area contributed by atoms with Crippen LogP contribution in [0.4, 0.5) is 13.2 Å². The van der Waals surface area contributed by atoms with Gasteiger partial charge in [-0.2, -0.15) is 0 Å². The summed E-state index contributed by atoms with van der Waals surface area (Å²) in [6, 6.07) is 5.40. The molecule has 0 radical (unpaired) electrons. The molecule has 7 rings (SSSR count). The minimum absolute atomic E-state index is 0.125. The molecule has 1 aromatic carbocycles. The lowest BCUT2D eigenvalue weighted by Crippen LogP contribution is -2.77. The third-order valence-corrected chi connectivity index (χ3v) is 7.55.